The average molecular weight is 350 g/mol. The van der Waals surface area contributed by atoms with Crippen molar-refractivity contribution in [1.29, 1.82) is 0 Å². The number of hydrogen-bond donors (Lipinski definition) is 2. The maximum atomic E-state index is 12.5. The van der Waals surface area contributed by atoms with Crippen molar-refractivity contribution in [2.75, 3.05) is 18.4 Å². The lowest BCUT2D eigenvalue weighted by atomic mass is 9.99. The van der Waals surface area contributed by atoms with Gasteiger partial charge in [-0.05, 0) is 42.2 Å². The second kappa shape index (κ2) is 8.42. The first-order valence-electron chi connectivity index (χ1n) is 8.37. The van der Waals surface area contributed by atoms with Crippen LogP contribution in [0.2, 0.25) is 0 Å². The first kappa shape index (κ1) is 18.6. The van der Waals surface area contributed by atoms with Crippen molar-refractivity contribution in [2.24, 2.45) is 5.92 Å². The number of amides is 2. The molecule has 6 heteroatoms. The number of urea groups is 1. The van der Waals surface area contributed by atoms with Crippen LogP contribution in [0.5, 0.6) is 0 Å². The van der Waals surface area contributed by atoms with E-state index in [-0.39, 0.29) is 12.6 Å². The normalized spacial score (nSPS) is 17.8. The molecule has 1 aromatic rings. The van der Waals surface area contributed by atoms with E-state index in [0.717, 1.165) is 23.4 Å². The zero-order chi connectivity index (χ0) is 17.7. The number of thioether (sulfide) groups is 1. The van der Waals surface area contributed by atoms with Crippen LogP contribution in [0.4, 0.5) is 10.5 Å². The lowest BCUT2D eigenvalue weighted by Gasteiger charge is -2.31. The summed E-state index contributed by atoms with van der Waals surface area (Å²) in [4.78, 5) is 25.2. The van der Waals surface area contributed by atoms with Crippen LogP contribution in [0, 0.1) is 12.8 Å². The van der Waals surface area contributed by atoms with E-state index in [4.69, 9.17) is 5.11 Å². The van der Waals surface area contributed by atoms with Crippen LogP contribution in [0.1, 0.15) is 37.8 Å². The maximum Gasteiger partial charge on any atom is 0.321 e. The molecular formula is C18H26N2O3S. The molecule has 1 heterocycles. The van der Waals surface area contributed by atoms with Crippen molar-refractivity contribution in [3.8, 4) is 0 Å². The van der Waals surface area contributed by atoms with Gasteiger partial charge in [-0.25, -0.2) is 4.79 Å². The van der Waals surface area contributed by atoms with Crippen LogP contribution in [0.3, 0.4) is 0 Å². The molecule has 5 nitrogen and oxygen atoms in total. The van der Waals surface area contributed by atoms with Crippen LogP contribution in [0.15, 0.2) is 18.2 Å². The number of nitrogens with zero attached hydrogens (tertiary/aromatic N) is 1. The number of likely N-dealkylation sites (tertiary alicyclic amines) is 1. The Morgan fingerprint density at radius 1 is 1.42 bits per heavy atom. The van der Waals surface area contributed by atoms with Gasteiger partial charge < -0.3 is 15.3 Å². The van der Waals surface area contributed by atoms with Gasteiger partial charge in [0.05, 0.1) is 5.92 Å². The number of piperidine rings is 1. The Hall–Kier alpha value is -1.69. The SMILES string of the molecule is Cc1c(CSC(C)C)cccc1NC(=O)N1CCCC(C(=O)O)C1. The zero-order valence-electron chi connectivity index (χ0n) is 14.5. The summed E-state index contributed by atoms with van der Waals surface area (Å²) in [7, 11) is 0. The molecule has 1 fully saturated rings. The Labute approximate surface area is 147 Å². The Morgan fingerprint density at radius 2 is 2.17 bits per heavy atom. The highest BCUT2D eigenvalue weighted by atomic mass is 32.2. The van der Waals surface area contributed by atoms with Crippen molar-refractivity contribution in [2.45, 2.75) is 44.6 Å². The van der Waals surface area contributed by atoms with Gasteiger partial charge in [-0.1, -0.05) is 26.0 Å². The molecule has 2 amide bonds. The van der Waals surface area contributed by atoms with E-state index in [1.165, 1.54) is 5.56 Å². The number of carbonyl (C=O) groups is 2. The van der Waals surface area contributed by atoms with Crippen LogP contribution >= 0.6 is 11.8 Å². The van der Waals surface area contributed by atoms with E-state index >= 15 is 0 Å². The minimum atomic E-state index is -0.823. The average Bonchev–Trinajstić information content (AvgIpc) is 2.55. The number of anilines is 1. The van der Waals surface area contributed by atoms with Crippen LogP contribution in [-0.4, -0.2) is 40.3 Å². The quantitative estimate of drug-likeness (QED) is 0.843. The van der Waals surface area contributed by atoms with Gasteiger partial charge in [-0.2, -0.15) is 11.8 Å². The highest BCUT2D eigenvalue weighted by Crippen LogP contribution is 2.25. The summed E-state index contributed by atoms with van der Waals surface area (Å²) in [6, 6.07) is 5.73. The Balaban J connectivity index is 2.03. The third-order valence-electron chi connectivity index (χ3n) is 4.32. The van der Waals surface area contributed by atoms with Gasteiger partial charge in [0.15, 0.2) is 0 Å². The first-order valence-corrected chi connectivity index (χ1v) is 9.42. The summed E-state index contributed by atoms with van der Waals surface area (Å²) >= 11 is 1.87. The lowest BCUT2D eigenvalue weighted by Crippen LogP contribution is -2.44. The third kappa shape index (κ3) is 4.90. The van der Waals surface area contributed by atoms with E-state index in [1.54, 1.807) is 4.90 Å². The summed E-state index contributed by atoms with van der Waals surface area (Å²) in [5.74, 6) is -0.367. The molecule has 0 saturated carbocycles. The van der Waals surface area contributed by atoms with Gasteiger partial charge >= 0.3 is 12.0 Å². The molecule has 0 spiro atoms. The third-order valence-corrected chi connectivity index (χ3v) is 5.46. The van der Waals surface area contributed by atoms with Gasteiger partial charge in [0, 0.05) is 24.5 Å². The van der Waals surface area contributed by atoms with E-state index in [9.17, 15) is 9.59 Å². The minimum absolute atomic E-state index is 0.210. The highest BCUT2D eigenvalue weighted by Gasteiger charge is 2.28. The van der Waals surface area contributed by atoms with Gasteiger partial charge in [0.2, 0.25) is 0 Å². The summed E-state index contributed by atoms with van der Waals surface area (Å²) in [6.45, 7) is 7.24. The largest absolute Gasteiger partial charge is 0.481 e. The number of rotatable bonds is 5. The highest BCUT2D eigenvalue weighted by molar-refractivity contribution is 7.99. The number of nitrogens with one attached hydrogen (secondary N) is 1. The number of carboxylic acids is 1. The summed E-state index contributed by atoms with van der Waals surface area (Å²) < 4.78 is 0. The fourth-order valence-corrected chi connectivity index (χ4v) is 3.61. The topological polar surface area (TPSA) is 69.6 Å². The van der Waals surface area contributed by atoms with Crippen molar-refractivity contribution in [3.05, 3.63) is 29.3 Å². The Morgan fingerprint density at radius 3 is 2.83 bits per heavy atom. The molecule has 1 saturated heterocycles. The smallest absolute Gasteiger partial charge is 0.321 e. The second-order valence-electron chi connectivity index (χ2n) is 6.50. The van der Waals surface area contributed by atoms with E-state index < -0.39 is 11.9 Å². The van der Waals surface area contributed by atoms with Crippen LogP contribution in [-0.2, 0) is 10.5 Å². The molecule has 0 aliphatic carbocycles. The number of aliphatic carboxylic acids is 1. The molecule has 2 rings (SSSR count). The second-order valence-corrected chi connectivity index (χ2v) is 8.07. The number of hydrogen-bond acceptors (Lipinski definition) is 3. The van der Waals surface area contributed by atoms with Gasteiger partial charge in [0.25, 0.3) is 0 Å². The lowest BCUT2D eigenvalue weighted by molar-refractivity contribution is -0.143. The molecule has 1 aliphatic heterocycles. The molecule has 0 aromatic heterocycles. The fraction of sp³-hybridized carbons (Fsp3) is 0.556. The van der Waals surface area contributed by atoms with Gasteiger partial charge in [-0.3, -0.25) is 4.79 Å². The molecule has 1 atom stereocenters. The molecule has 2 N–H and O–H groups in total. The predicted molar refractivity (Wildman–Crippen MR) is 98.6 cm³/mol. The minimum Gasteiger partial charge on any atom is -0.481 e. The summed E-state index contributed by atoms with van der Waals surface area (Å²) in [5.41, 5.74) is 3.10. The van der Waals surface area contributed by atoms with E-state index in [0.29, 0.717) is 18.2 Å². The number of carboxylic acid groups (broad SMARTS) is 1. The van der Waals surface area contributed by atoms with Gasteiger partial charge in [-0.15, -0.1) is 0 Å². The zero-order valence-corrected chi connectivity index (χ0v) is 15.4. The first-order chi connectivity index (χ1) is 11.4. The predicted octanol–water partition coefficient (Wildman–Crippen LogP) is 3.97. The fourth-order valence-electron chi connectivity index (χ4n) is 2.79. The number of carbonyl (C=O) groups excluding carboxylic acids is 1. The summed E-state index contributed by atoms with van der Waals surface area (Å²) in [6.07, 6.45) is 1.37. The van der Waals surface area contributed by atoms with Gasteiger partial charge in [0.1, 0.15) is 0 Å². The molecule has 0 radical (unpaired) electrons. The number of benzene rings is 1. The molecule has 132 valence electrons. The van der Waals surface area contributed by atoms with Crippen molar-refractivity contribution in [1.82, 2.24) is 4.90 Å². The molecule has 24 heavy (non-hydrogen) atoms. The van der Waals surface area contributed by atoms with E-state index in [1.807, 2.05) is 30.8 Å². The summed E-state index contributed by atoms with van der Waals surface area (Å²) in [5, 5.41) is 12.7. The standard InChI is InChI=1S/C18H26N2O3S/c1-12(2)24-11-15-6-4-8-16(13(15)3)19-18(23)20-9-5-7-14(10-20)17(21)22/h4,6,8,12,14H,5,7,9-11H2,1-3H3,(H,19,23)(H,21,22). The van der Waals surface area contributed by atoms with Crippen LogP contribution < -0.4 is 5.32 Å². The van der Waals surface area contributed by atoms with Crippen molar-refractivity contribution in [3.63, 3.8) is 0 Å². The Kier molecular flexibility index (Phi) is 6.54. The molecule has 1 aromatic carbocycles. The molecule has 1 unspecified atom stereocenters. The van der Waals surface area contributed by atoms with Crippen molar-refractivity contribution < 1.29 is 14.7 Å². The molecular weight excluding hydrogens is 324 g/mol. The van der Waals surface area contributed by atoms with Crippen LogP contribution in [0.25, 0.3) is 0 Å². The van der Waals surface area contributed by atoms with Crippen molar-refractivity contribution >= 4 is 29.4 Å². The molecule has 0 bridgehead atoms. The molecule has 1 aliphatic rings. The Bertz CT molecular complexity index is 604. The van der Waals surface area contributed by atoms with E-state index in [2.05, 4.69) is 25.2 Å². The maximum absolute atomic E-state index is 12.5. The monoisotopic (exact) mass is 350 g/mol.